The van der Waals surface area contributed by atoms with Gasteiger partial charge in [0.05, 0.1) is 0 Å². The van der Waals surface area contributed by atoms with E-state index in [-0.39, 0.29) is 0 Å². The van der Waals surface area contributed by atoms with E-state index in [9.17, 15) is 4.79 Å². The summed E-state index contributed by atoms with van der Waals surface area (Å²) in [6, 6.07) is 6.29. The molecule has 0 heterocycles. The maximum atomic E-state index is 10.4. The Hall–Kier alpha value is -1.22. The Morgan fingerprint density at radius 2 is 2.06 bits per heavy atom. The van der Waals surface area contributed by atoms with E-state index in [1.165, 1.54) is 22.1 Å². The van der Waals surface area contributed by atoms with Crippen LogP contribution >= 0.6 is 11.8 Å². The molecule has 0 spiro atoms. The van der Waals surface area contributed by atoms with Crippen molar-refractivity contribution in [2.45, 2.75) is 25.7 Å². The van der Waals surface area contributed by atoms with Gasteiger partial charge in [-0.15, -0.1) is 11.8 Å². The highest BCUT2D eigenvalue weighted by atomic mass is 32.2. The average Bonchev–Trinajstić information content (AvgIpc) is 2.19. The summed E-state index contributed by atoms with van der Waals surface area (Å²) in [6.45, 7) is 6.00. The Bertz CT molecular complexity index is 422. The normalized spacial score (nSPS) is 11.6. The molecule has 0 radical (unpaired) electrons. The van der Waals surface area contributed by atoms with Gasteiger partial charge in [0, 0.05) is 16.7 Å². The SMILES string of the molecule is CC(=CC(=O)O)CSc1ccc(C)c(C)c1. The fourth-order valence-corrected chi connectivity index (χ4v) is 2.16. The number of hydrogen-bond acceptors (Lipinski definition) is 2. The molecule has 16 heavy (non-hydrogen) atoms. The molecule has 0 aliphatic carbocycles. The number of rotatable bonds is 4. The van der Waals surface area contributed by atoms with Crippen molar-refractivity contribution in [2.75, 3.05) is 5.75 Å². The monoisotopic (exact) mass is 236 g/mol. The number of carbonyl (C=O) groups is 1. The molecule has 0 bridgehead atoms. The first kappa shape index (κ1) is 12.8. The summed E-state index contributed by atoms with van der Waals surface area (Å²) in [5.41, 5.74) is 3.42. The average molecular weight is 236 g/mol. The topological polar surface area (TPSA) is 37.3 Å². The second-order valence-corrected chi connectivity index (χ2v) is 4.91. The van der Waals surface area contributed by atoms with Crippen LogP contribution in [-0.2, 0) is 4.79 Å². The lowest BCUT2D eigenvalue weighted by Crippen LogP contribution is -1.92. The van der Waals surface area contributed by atoms with Gasteiger partial charge in [-0.3, -0.25) is 0 Å². The van der Waals surface area contributed by atoms with Crippen LogP contribution in [0.2, 0.25) is 0 Å². The molecule has 3 heteroatoms. The fraction of sp³-hybridized carbons (Fsp3) is 0.308. The molecule has 1 aromatic rings. The van der Waals surface area contributed by atoms with Crippen LogP contribution < -0.4 is 0 Å². The van der Waals surface area contributed by atoms with Crippen molar-refractivity contribution in [3.8, 4) is 0 Å². The highest BCUT2D eigenvalue weighted by Crippen LogP contribution is 2.22. The molecule has 0 aromatic heterocycles. The highest BCUT2D eigenvalue weighted by Gasteiger charge is 1.99. The van der Waals surface area contributed by atoms with E-state index in [1.807, 2.05) is 6.92 Å². The molecule has 1 aromatic carbocycles. The molecule has 0 amide bonds. The van der Waals surface area contributed by atoms with E-state index < -0.39 is 5.97 Å². The van der Waals surface area contributed by atoms with Gasteiger partial charge >= 0.3 is 5.97 Å². The number of carboxylic acid groups (broad SMARTS) is 1. The summed E-state index contributed by atoms with van der Waals surface area (Å²) in [4.78, 5) is 11.6. The van der Waals surface area contributed by atoms with E-state index >= 15 is 0 Å². The van der Waals surface area contributed by atoms with Gasteiger partial charge in [-0.1, -0.05) is 11.6 Å². The van der Waals surface area contributed by atoms with Gasteiger partial charge in [-0.05, 0) is 44.0 Å². The predicted molar refractivity (Wildman–Crippen MR) is 68.0 cm³/mol. The Balaban J connectivity index is 2.61. The van der Waals surface area contributed by atoms with Gasteiger partial charge in [0.1, 0.15) is 0 Å². The van der Waals surface area contributed by atoms with Crippen LogP contribution in [0, 0.1) is 13.8 Å². The Morgan fingerprint density at radius 3 is 2.62 bits per heavy atom. The largest absolute Gasteiger partial charge is 0.478 e. The summed E-state index contributed by atoms with van der Waals surface area (Å²) in [5.74, 6) is -0.160. The van der Waals surface area contributed by atoms with Crippen molar-refractivity contribution in [1.82, 2.24) is 0 Å². The molecule has 1 rings (SSSR count). The quantitative estimate of drug-likeness (QED) is 0.643. The summed E-state index contributed by atoms with van der Waals surface area (Å²) in [5, 5.41) is 8.58. The van der Waals surface area contributed by atoms with Crippen LogP contribution in [0.3, 0.4) is 0 Å². The third-order valence-electron chi connectivity index (χ3n) is 2.31. The highest BCUT2D eigenvalue weighted by molar-refractivity contribution is 7.99. The Kier molecular flexibility index (Phi) is 4.62. The van der Waals surface area contributed by atoms with Gasteiger partial charge in [0.15, 0.2) is 0 Å². The van der Waals surface area contributed by atoms with Gasteiger partial charge in [-0.25, -0.2) is 4.79 Å². The molecule has 2 nitrogen and oxygen atoms in total. The lowest BCUT2D eigenvalue weighted by atomic mass is 10.1. The number of hydrogen-bond donors (Lipinski definition) is 1. The van der Waals surface area contributed by atoms with Crippen LogP contribution in [0.1, 0.15) is 18.1 Å². The van der Waals surface area contributed by atoms with Crippen LogP contribution in [0.4, 0.5) is 0 Å². The minimum atomic E-state index is -0.877. The van der Waals surface area contributed by atoms with E-state index in [0.29, 0.717) is 0 Å². The van der Waals surface area contributed by atoms with Crippen molar-refractivity contribution < 1.29 is 9.90 Å². The third-order valence-corrected chi connectivity index (χ3v) is 3.50. The summed E-state index contributed by atoms with van der Waals surface area (Å²) >= 11 is 1.66. The van der Waals surface area contributed by atoms with Crippen molar-refractivity contribution in [3.63, 3.8) is 0 Å². The second kappa shape index (κ2) is 5.75. The third kappa shape index (κ3) is 4.11. The summed E-state index contributed by atoms with van der Waals surface area (Å²) < 4.78 is 0. The Morgan fingerprint density at radius 1 is 1.38 bits per heavy atom. The molecule has 0 saturated carbocycles. The minimum absolute atomic E-state index is 0.717. The van der Waals surface area contributed by atoms with Crippen LogP contribution in [0.25, 0.3) is 0 Å². The molecule has 0 atom stereocenters. The number of aliphatic carboxylic acids is 1. The minimum Gasteiger partial charge on any atom is -0.478 e. The van der Waals surface area contributed by atoms with Crippen LogP contribution in [-0.4, -0.2) is 16.8 Å². The first-order valence-corrected chi connectivity index (χ1v) is 6.08. The number of aryl methyl sites for hydroxylation is 2. The molecular formula is C13H16O2S. The lowest BCUT2D eigenvalue weighted by molar-refractivity contribution is -0.131. The predicted octanol–water partition coefficient (Wildman–Crippen LogP) is 3.43. The molecule has 86 valence electrons. The van der Waals surface area contributed by atoms with Gasteiger partial charge in [-0.2, -0.15) is 0 Å². The lowest BCUT2D eigenvalue weighted by Gasteiger charge is -2.05. The zero-order valence-corrected chi connectivity index (χ0v) is 10.6. The van der Waals surface area contributed by atoms with Gasteiger partial charge in [0.25, 0.3) is 0 Å². The van der Waals surface area contributed by atoms with Gasteiger partial charge in [0.2, 0.25) is 0 Å². The number of thioether (sulfide) groups is 1. The first-order valence-electron chi connectivity index (χ1n) is 5.09. The van der Waals surface area contributed by atoms with E-state index in [1.54, 1.807) is 11.8 Å². The molecule has 0 fully saturated rings. The molecule has 0 unspecified atom stereocenters. The van der Waals surface area contributed by atoms with Gasteiger partial charge < -0.3 is 5.11 Å². The zero-order valence-electron chi connectivity index (χ0n) is 9.78. The van der Waals surface area contributed by atoms with Crippen LogP contribution in [0.15, 0.2) is 34.7 Å². The van der Waals surface area contributed by atoms with Crippen molar-refractivity contribution in [2.24, 2.45) is 0 Å². The maximum absolute atomic E-state index is 10.4. The fourth-order valence-electron chi connectivity index (χ4n) is 1.25. The smallest absolute Gasteiger partial charge is 0.328 e. The molecule has 1 N–H and O–H groups in total. The second-order valence-electron chi connectivity index (χ2n) is 3.86. The zero-order chi connectivity index (χ0) is 12.1. The van der Waals surface area contributed by atoms with E-state index in [4.69, 9.17) is 5.11 Å². The van der Waals surface area contributed by atoms with Crippen molar-refractivity contribution in [1.29, 1.82) is 0 Å². The molecular weight excluding hydrogens is 220 g/mol. The summed E-state index contributed by atoms with van der Waals surface area (Å²) in [7, 11) is 0. The van der Waals surface area contributed by atoms with E-state index in [0.717, 1.165) is 11.3 Å². The Labute approximate surface area is 100 Å². The van der Waals surface area contributed by atoms with Crippen molar-refractivity contribution in [3.05, 3.63) is 41.0 Å². The molecule has 0 aliphatic rings. The van der Waals surface area contributed by atoms with Crippen molar-refractivity contribution >= 4 is 17.7 Å². The first-order chi connectivity index (χ1) is 7.49. The van der Waals surface area contributed by atoms with E-state index in [2.05, 4.69) is 32.0 Å². The number of benzene rings is 1. The van der Waals surface area contributed by atoms with Crippen LogP contribution in [0.5, 0.6) is 0 Å². The maximum Gasteiger partial charge on any atom is 0.328 e. The summed E-state index contributed by atoms with van der Waals surface area (Å²) in [6.07, 6.45) is 1.26. The molecule has 0 saturated heterocycles. The number of carboxylic acids is 1. The standard InChI is InChI=1S/C13H16O2S/c1-9(6-13(14)15)8-16-12-5-4-10(2)11(3)7-12/h4-7H,8H2,1-3H3,(H,14,15). The molecule has 0 aliphatic heterocycles.